The van der Waals surface area contributed by atoms with Gasteiger partial charge in [0.2, 0.25) is 10.7 Å². The van der Waals surface area contributed by atoms with E-state index in [0.29, 0.717) is 38.6 Å². The smallest absolute Gasteiger partial charge is 0.225 e. The van der Waals surface area contributed by atoms with Crippen molar-refractivity contribution in [3.8, 4) is 17.1 Å². The second-order valence-electron chi connectivity index (χ2n) is 7.96. The Morgan fingerprint density at radius 1 is 0.914 bits per heavy atom. The van der Waals surface area contributed by atoms with Crippen molar-refractivity contribution < 1.29 is 4.39 Å². The highest BCUT2D eigenvalue weighted by Gasteiger charge is 2.22. The predicted molar refractivity (Wildman–Crippen MR) is 139 cm³/mol. The van der Waals surface area contributed by atoms with Crippen LogP contribution in [0.25, 0.3) is 17.1 Å². The van der Waals surface area contributed by atoms with Gasteiger partial charge in [0.15, 0.2) is 5.82 Å². The molecule has 35 heavy (non-hydrogen) atoms. The van der Waals surface area contributed by atoms with Crippen molar-refractivity contribution in [2.75, 3.05) is 31.1 Å². The maximum atomic E-state index is 13.9. The Morgan fingerprint density at radius 3 is 2.34 bits per heavy atom. The van der Waals surface area contributed by atoms with Crippen LogP contribution < -0.4 is 4.90 Å². The first kappa shape index (κ1) is 24.1. The van der Waals surface area contributed by atoms with Gasteiger partial charge in [-0.25, -0.2) is 19.0 Å². The van der Waals surface area contributed by atoms with Gasteiger partial charge in [0.25, 0.3) is 0 Å². The van der Waals surface area contributed by atoms with Crippen molar-refractivity contribution in [1.82, 2.24) is 29.2 Å². The Kier molecular flexibility index (Phi) is 7.04. The predicted octanol–water partition coefficient (Wildman–Crippen LogP) is 5.74. The van der Waals surface area contributed by atoms with E-state index in [0.717, 1.165) is 32.1 Å². The topological polar surface area (TPSA) is 55.0 Å². The van der Waals surface area contributed by atoms with Crippen LogP contribution in [-0.4, -0.2) is 55.4 Å². The van der Waals surface area contributed by atoms with Gasteiger partial charge in [0.05, 0.1) is 22.4 Å². The largest absolute Gasteiger partial charge is 0.338 e. The van der Waals surface area contributed by atoms with E-state index < -0.39 is 5.82 Å². The zero-order valence-corrected chi connectivity index (χ0v) is 21.4. The van der Waals surface area contributed by atoms with Crippen LogP contribution in [0.4, 0.5) is 10.3 Å². The molecule has 7 nitrogen and oxygen atoms in total. The molecule has 3 heterocycles. The standard InChI is InChI=1S/C23H19Cl3FN7S/c24-15-2-4-17(18(25)12-15)21-30-33(23(35)34(21)16-3-5-20(27)19(26)13-16)14-31-8-10-32(11-9-31)22-28-6-1-7-29-22/h1-7,12-13H,8-11,14H2. The SMILES string of the molecule is Fc1ccc(-n2c(-c3ccc(Cl)cc3Cl)nn(CN3CCN(c4ncccn4)CC3)c2=S)cc1Cl. The summed E-state index contributed by atoms with van der Waals surface area (Å²) in [6.07, 6.45) is 3.48. The lowest BCUT2D eigenvalue weighted by molar-refractivity contribution is 0.193. The number of anilines is 1. The van der Waals surface area contributed by atoms with E-state index in [2.05, 4.69) is 19.8 Å². The van der Waals surface area contributed by atoms with Gasteiger partial charge < -0.3 is 4.90 Å². The van der Waals surface area contributed by atoms with E-state index in [1.165, 1.54) is 12.1 Å². The molecule has 0 atom stereocenters. The number of halogens is 4. The number of hydrogen-bond donors (Lipinski definition) is 0. The molecule has 180 valence electrons. The molecule has 0 saturated carbocycles. The number of benzene rings is 2. The average Bonchev–Trinajstić information content (AvgIpc) is 3.17. The molecule has 0 bridgehead atoms. The fraction of sp³-hybridized carbons (Fsp3) is 0.217. The third-order valence-corrected chi connectivity index (χ3v) is 6.94. The summed E-state index contributed by atoms with van der Waals surface area (Å²) >= 11 is 24.5. The summed E-state index contributed by atoms with van der Waals surface area (Å²) in [5.41, 5.74) is 1.23. The first-order valence-corrected chi connectivity index (χ1v) is 12.3. The number of hydrogen-bond acceptors (Lipinski definition) is 6. The van der Waals surface area contributed by atoms with E-state index >= 15 is 0 Å². The summed E-state index contributed by atoms with van der Waals surface area (Å²) < 4.78 is 17.8. The molecule has 2 aromatic carbocycles. The third-order valence-electron chi connectivity index (χ3n) is 5.71. The van der Waals surface area contributed by atoms with Gasteiger partial charge >= 0.3 is 0 Å². The van der Waals surface area contributed by atoms with Gasteiger partial charge in [-0.2, -0.15) is 0 Å². The van der Waals surface area contributed by atoms with Crippen LogP contribution >= 0.6 is 47.0 Å². The maximum Gasteiger partial charge on any atom is 0.225 e. The van der Waals surface area contributed by atoms with Gasteiger partial charge in [0.1, 0.15) is 5.82 Å². The monoisotopic (exact) mass is 549 g/mol. The van der Waals surface area contributed by atoms with Crippen LogP contribution in [0.15, 0.2) is 54.9 Å². The highest BCUT2D eigenvalue weighted by Crippen LogP contribution is 2.32. The van der Waals surface area contributed by atoms with Crippen LogP contribution in [0, 0.1) is 10.6 Å². The van der Waals surface area contributed by atoms with Crippen molar-refractivity contribution in [2.45, 2.75) is 6.67 Å². The van der Waals surface area contributed by atoms with Crippen LogP contribution in [0.3, 0.4) is 0 Å². The van der Waals surface area contributed by atoms with Crippen molar-refractivity contribution in [3.63, 3.8) is 0 Å². The van der Waals surface area contributed by atoms with Gasteiger partial charge in [-0.15, -0.1) is 5.10 Å². The molecular weight excluding hydrogens is 532 g/mol. The second kappa shape index (κ2) is 10.2. The lowest BCUT2D eigenvalue weighted by Crippen LogP contribution is -2.47. The first-order valence-electron chi connectivity index (χ1n) is 10.8. The molecule has 2 aromatic heterocycles. The third kappa shape index (κ3) is 5.05. The first-order chi connectivity index (χ1) is 16.9. The zero-order chi connectivity index (χ0) is 24.5. The van der Waals surface area contributed by atoms with Crippen LogP contribution in [0.1, 0.15) is 0 Å². The molecular formula is C23H19Cl3FN7S. The molecule has 0 unspecified atom stereocenters. The molecule has 0 radical (unpaired) electrons. The molecule has 0 spiro atoms. The van der Waals surface area contributed by atoms with E-state index in [1.807, 2.05) is 0 Å². The van der Waals surface area contributed by atoms with Crippen molar-refractivity contribution in [3.05, 3.63) is 80.5 Å². The van der Waals surface area contributed by atoms with Crippen molar-refractivity contribution in [1.29, 1.82) is 0 Å². The molecule has 0 aliphatic carbocycles. The molecule has 1 saturated heterocycles. The van der Waals surface area contributed by atoms with E-state index in [9.17, 15) is 4.39 Å². The quantitative estimate of drug-likeness (QED) is 0.296. The highest BCUT2D eigenvalue weighted by atomic mass is 35.5. The van der Waals surface area contributed by atoms with Crippen LogP contribution in [0.5, 0.6) is 0 Å². The lowest BCUT2D eigenvalue weighted by atomic mass is 10.2. The minimum Gasteiger partial charge on any atom is -0.338 e. The van der Waals surface area contributed by atoms with Gasteiger partial charge in [0, 0.05) is 49.2 Å². The molecule has 5 rings (SSSR count). The number of rotatable bonds is 5. The Hall–Kier alpha value is -2.56. The van der Waals surface area contributed by atoms with Gasteiger partial charge in [-0.05, 0) is 54.7 Å². The fourth-order valence-corrected chi connectivity index (χ4v) is 4.89. The molecule has 1 aliphatic heterocycles. The van der Waals surface area contributed by atoms with E-state index in [1.54, 1.807) is 52.0 Å². The van der Waals surface area contributed by atoms with Crippen LogP contribution in [-0.2, 0) is 6.67 Å². The number of piperazine rings is 1. The molecule has 12 heteroatoms. The molecule has 1 fully saturated rings. The molecule has 0 N–H and O–H groups in total. The number of nitrogens with zero attached hydrogens (tertiary/aromatic N) is 7. The Bertz CT molecular complexity index is 1420. The second-order valence-corrected chi connectivity index (χ2v) is 9.57. The van der Waals surface area contributed by atoms with Crippen LogP contribution in [0.2, 0.25) is 15.1 Å². The van der Waals surface area contributed by atoms with E-state index in [4.69, 9.17) is 52.1 Å². The highest BCUT2D eigenvalue weighted by molar-refractivity contribution is 7.71. The Morgan fingerprint density at radius 2 is 1.66 bits per heavy atom. The fourth-order valence-electron chi connectivity index (χ4n) is 3.94. The summed E-state index contributed by atoms with van der Waals surface area (Å²) in [7, 11) is 0. The molecule has 0 amide bonds. The Balaban J connectivity index is 1.47. The summed E-state index contributed by atoms with van der Waals surface area (Å²) in [5, 5.41) is 5.73. The lowest BCUT2D eigenvalue weighted by Gasteiger charge is -2.34. The van der Waals surface area contributed by atoms with Gasteiger partial charge in [-0.3, -0.25) is 9.47 Å². The summed E-state index contributed by atoms with van der Waals surface area (Å²) in [6, 6.07) is 11.4. The normalized spacial score (nSPS) is 14.5. The Labute approximate surface area is 221 Å². The van der Waals surface area contributed by atoms with Gasteiger partial charge in [-0.1, -0.05) is 34.8 Å². The average molecular weight is 551 g/mol. The minimum absolute atomic E-state index is 0.00967. The minimum atomic E-state index is -0.513. The molecule has 1 aliphatic rings. The van der Waals surface area contributed by atoms with Crippen molar-refractivity contribution in [2.24, 2.45) is 0 Å². The summed E-state index contributed by atoms with van der Waals surface area (Å²) in [5.74, 6) is 0.720. The van der Waals surface area contributed by atoms with E-state index in [-0.39, 0.29) is 5.02 Å². The summed E-state index contributed by atoms with van der Waals surface area (Å²) in [4.78, 5) is 13.1. The summed E-state index contributed by atoms with van der Waals surface area (Å²) in [6.45, 7) is 3.60. The zero-order valence-electron chi connectivity index (χ0n) is 18.3. The van der Waals surface area contributed by atoms with Crippen molar-refractivity contribution >= 4 is 53.0 Å². The number of aromatic nitrogens is 5. The molecule has 4 aromatic rings. The maximum absolute atomic E-state index is 13.9.